The molecule has 92 valence electrons. The minimum absolute atomic E-state index is 0.0972. The number of carboxylic acids is 1. The van der Waals surface area contributed by atoms with Gasteiger partial charge in [-0.2, -0.15) is 0 Å². The molecule has 18 heavy (non-hydrogen) atoms. The molecule has 3 nitrogen and oxygen atoms in total. The first-order chi connectivity index (χ1) is 8.70. The summed E-state index contributed by atoms with van der Waals surface area (Å²) in [7, 11) is 0. The smallest absolute Gasteiger partial charge is 0.355 e. The van der Waals surface area contributed by atoms with Crippen molar-refractivity contribution in [3.63, 3.8) is 0 Å². The quantitative estimate of drug-likeness (QED) is 0.875. The van der Waals surface area contributed by atoms with Gasteiger partial charge in [0, 0.05) is 11.6 Å². The molecule has 1 aromatic heterocycles. The average Bonchev–Trinajstić information content (AvgIpc) is 2.39. The van der Waals surface area contributed by atoms with Crippen molar-refractivity contribution in [2.45, 2.75) is 23.9 Å². The Labute approximate surface area is 115 Å². The van der Waals surface area contributed by atoms with Crippen molar-refractivity contribution in [2.75, 3.05) is 0 Å². The van der Waals surface area contributed by atoms with Gasteiger partial charge < -0.3 is 5.11 Å². The van der Waals surface area contributed by atoms with Gasteiger partial charge in [-0.1, -0.05) is 24.3 Å². The van der Waals surface area contributed by atoms with Gasteiger partial charge in [0.05, 0.1) is 0 Å². The number of aromatic nitrogens is 1. The van der Waals surface area contributed by atoms with Gasteiger partial charge in [0.1, 0.15) is 0 Å². The summed E-state index contributed by atoms with van der Waals surface area (Å²) >= 11 is 0.0972. The molecule has 0 aliphatic rings. The van der Waals surface area contributed by atoms with Gasteiger partial charge in [-0.05, 0) is 11.5 Å². The Bertz CT molecular complexity index is 507. The fourth-order valence-corrected chi connectivity index (χ4v) is 3.13. The van der Waals surface area contributed by atoms with Gasteiger partial charge in [-0.25, -0.2) is 9.78 Å². The van der Waals surface area contributed by atoms with Crippen molar-refractivity contribution in [2.24, 2.45) is 0 Å². The standard InChI is InChI=1S/C10H7NO2.2C2H5.Zn/c12-10(13)9-8-4-2-1-3-7(8)5-6-11-9;2*1-2;/h1-6H,(H,12,13);2*1H2,2H3;. The number of aromatic carboxylic acids is 1. The first-order valence-corrected chi connectivity index (χ1v) is 10.5. The minimum atomic E-state index is -0.989. The predicted molar refractivity (Wildman–Crippen MR) is 69.7 cm³/mol. The van der Waals surface area contributed by atoms with Crippen LogP contribution in [0.3, 0.4) is 0 Å². The molecule has 2 aromatic rings. The van der Waals surface area contributed by atoms with Crippen molar-refractivity contribution < 1.29 is 27.0 Å². The van der Waals surface area contributed by atoms with E-state index in [2.05, 4.69) is 18.8 Å². The normalized spacial score (nSPS) is 9.22. The number of fused-ring (bicyclic) bond motifs is 1. The molecule has 1 aromatic carbocycles. The molecule has 1 heterocycles. The van der Waals surface area contributed by atoms with Crippen LogP contribution in [-0.2, 0) is 17.1 Å². The van der Waals surface area contributed by atoms with Gasteiger partial charge >= 0.3 is 47.0 Å². The van der Waals surface area contributed by atoms with E-state index in [1.807, 2.05) is 12.1 Å². The SMILES string of the molecule is C[CH2][Zn][CH2]C.O=C(O)c1nccc2ccccc12. The van der Waals surface area contributed by atoms with Crippen molar-refractivity contribution in [1.82, 2.24) is 4.98 Å². The molecule has 1 N–H and O–H groups in total. The zero-order valence-corrected chi connectivity index (χ0v) is 13.9. The fourth-order valence-electron chi connectivity index (χ4n) is 1.64. The first-order valence-electron chi connectivity index (χ1n) is 6.27. The predicted octanol–water partition coefficient (Wildman–Crippen LogP) is 3.88. The van der Waals surface area contributed by atoms with Crippen LogP contribution in [0.15, 0.2) is 36.5 Å². The summed E-state index contributed by atoms with van der Waals surface area (Å²) in [6.45, 7) is 4.59. The number of carbonyl (C=O) groups is 1. The van der Waals surface area contributed by atoms with Gasteiger partial charge in [-0.3, -0.25) is 0 Å². The van der Waals surface area contributed by atoms with E-state index >= 15 is 0 Å². The molecular formula is C14H17NO2Zn. The zero-order valence-electron chi connectivity index (χ0n) is 10.9. The number of nitrogens with zero attached hydrogens (tertiary/aromatic N) is 1. The zero-order chi connectivity index (χ0) is 13.4. The van der Waals surface area contributed by atoms with Crippen molar-refractivity contribution in [3.8, 4) is 0 Å². The van der Waals surface area contributed by atoms with E-state index in [4.69, 9.17) is 5.11 Å². The second-order valence-corrected chi connectivity index (χ2v) is 9.72. The van der Waals surface area contributed by atoms with Crippen LogP contribution in [0.4, 0.5) is 0 Å². The number of rotatable bonds is 3. The number of benzene rings is 1. The maximum absolute atomic E-state index is 10.8. The van der Waals surface area contributed by atoms with Crippen LogP contribution >= 0.6 is 0 Å². The number of pyridine rings is 1. The number of carboxylic acid groups (broad SMARTS) is 1. The van der Waals surface area contributed by atoms with Crippen LogP contribution in [0.25, 0.3) is 10.8 Å². The maximum atomic E-state index is 10.8. The Hall–Kier alpha value is -1.28. The van der Waals surface area contributed by atoms with Gasteiger partial charge in [-0.15, -0.1) is 0 Å². The first kappa shape index (κ1) is 14.8. The molecule has 4 heteroatoms. The van der Waals surface area contributed by atoms with Crippen molar-refractivity contribution >= 4 is 16.7 Å². The Kier molecular flexibility index (Phi) is 6.52. The molecular weight excluding hydrogens is 280 g/mol. The molecule has 0 unspecified atom stereocenters. The van der Waals surface area contributed by atoms with E-state index in [-0.39, 0.29) is 22.8 Å². The summed E-state index contributed by atoms with van der Waals surface area (Å²) in [4.78, 5) is 14.6. The topological polar surface area (TPSA) is 50.2 Å². The van der Waals surface area contributed by atoms with Gasteiger partial charge in [0.2, 0.25) is 0 Å². The molecule has 0 fully saturated rings. The van der Waals surface area contributed by atoms with Crippen LogP contribution in [0, 0.1) is 0 Å². The van der Waals surface area contributed by atoms with Crippen LogP contribution in [0.5, 0.6) is 0 Å². The van der Waals surface area contributed by atoms with E-state index in [0.717, 1.165) is 5.39 Å². The van der Waals surface area contributed by atoms with E-state index < -0.39 is 5.97 Å². The van der Waals surface area contributed by atoms with Crippen LogP contribution in [0.1, 0.15) is 24.3 Å². The second-order valence-electron chi connectivity index (χ2n) is 4.04. The summed E-state index contributed by atoms with van der Waals surface area (Å²) in [5, 5.41) is 13.5. The number of hydrogen-bond donors (Lipinski definition) is 1. The summed E-state index contributed by atoms with van der Waals surface area (Å²) in [6, 6.07) is 9.08. The molecule has 0 saturated heterocycles. The van der Waals surface area contributed by atoms with Crippen LogP contribution in [-0.4, -0.2) is 16.1 Å². The summed E-state index contributed by atoms with van der Waals surface area (Å²) in [5.41, 5.74) is 0.109. The molecule has 0 atom stereocenters. The maximum Gasteiger partial charge on any atom is 0.355 e. The second kappa shape index (κ2) is 7.94. The molecule has 0 amide bonds. The van der Waals surface area contributed by atoms with Gasteiger partial charge in [0.15, 0.2) is 5.69 Å². The van der Waals surface area contributed by atoms with Crippen molar-refractivity contribution in [1.29, 1.82) is 0 Å². The van der Waals surface area contributed by atoms with E-state index in [0.29, 0.717) is 5.39 Å². The minimum Gasteiger partial charge on any atom is -0.476 e. The molecule has 2 rings (SSSR count). The Morgan fingerprint density at radius 2 is 1.89 bits per heavy atom. The molecule has 0 saturated carbocycles. The van der Waals surface area contributed by atoms with E-state index in [1.165, 1.54) is 16.2 Å². The molecule has 0 bridgehead atoms. The fraction of sp³-hybridized carbons (Fsp3) is 0.286. The van der Waals surface area contributed by atoms with Gasteiger partial charge in [0.25, 0.3) is 0 Å². The monoisotopic (exact) mass is 295 g/mol. The average molecular weight is 297 g/mol. The third kappa shape index (κ3) is 4.19. The number of hydrogen-bond acceptors (Lipinski definition) is 2. The summed E-state index contributed by atoms with van der Waals surface area (Å²) in [6.07, 6.45) is 1.51. The molecule has 0 radical (unpaired) electrons. The third-order valence-electron chi connectivity index (χ3n) is 2.58. The molecule has 0 spiro atoms. The molecule has 0 aliphatic heterocycles. The van der Waals surface area contributed by atoms with Crippen molar-refractivity contribution in [3.05, 3.63) is 42.2 Å². The Morgan fingerprint density at radius 3 is 2.44 bits per heavy atom. The third-order valence-corrected chi connectivity index (χ3v) is 5.55. The summed E-state index contributed by atoms with van der Waals surface area (Å²) in [5.74, 6) is -0.989. The van der Waals surface area contributed by atoms with E-state index in [9.17, 15) is 4.79 Å². The van der Waals surface area contributed by atoms with E-state index in [1.54, 1.807) is 18.2 Å². The van der Waals surface area contributed by atoms with Crippen LogP contribution in [0.2, 0.25) is 10.0 Å². The molecule has 0 aliphatic carbocycles. The largest absolute Gasteiger partial charge is 0.476 e. The Balaban J connectivity index is 0.000000280. The summed E-state index contributed by atoms with van der Waals surface area (Å²) < 4.78 is 0. The Morgan fingerprint density at radius 1 is 1.22 bits per heavy atom. The van der Waals surface area contributed by atoms with Crippen LogP contribution < -0.4 is 0 Å².